The fourth-order valence-corrected chi connectivity index (χ4v) is 4.40. The first-order chi connectivity index (χ1) is 10.1. The number of fused-ring (bicyclic) bond motifs is 1. The molecule has 1 heterocycles. The van der Waals surface area contributed by atoms with Crippen LogP contribution < -0.4 is 16.4 Å². The molecular weight excluding hydrogens is 266 g/mol. The van der Waals surface area contributed by atoms with Gasteiger partial charge in [-0.25, -0.2) is 0 Å². The van der Waals surface area contributed by atoms with Crippen molar-refractivity contribution in [1.82, 2.24) is 10.6 Å². The van der Waals surface area contributed by atoms with E-state index in [4.69, 9.17) is 5.73 Å². The van der Waals surface area contributed by atoms with Crippen LogP contribution in [0.2, 0.25) is 0 Å². The predicted molar refractivity (Wildman–Crippen MR) is 80.4 cm³/mol. The van der Waals surface area contributed by atoms with Crippen LogP contribution in [0.1, 0.15) is 57.8 Å². The molecule has 3 aliphatic rings. The number of nitrogens with one attached hydrogen (secondary N) is 2. The molecule has 1 aliphatic heterocycles. The van der Waals surface area contributed by atoms with E-state index < -0.39 is 0 Å². The summed E-state index contributed by atoms with van der Waals surface area (Å²) in [5, 5.41) is 6.66. The minimum atomic E-state index is -0.223. The van der Waals surface area contributed by atoms with Crippen LogP contribution in [0.5, 0.6) is 0 Å². The highest BCUT2D eigenvalue weighted by Crippen LogP contribution is 2.33. The van der Waals surface area contributed by atoms with E-state index in [0.717, 1.165) is 25.7 Å². The maximum atomic E-state index is 12.4. The van der Waals surface area contributed by atoms with Crippen LogP contribution in [0.25, 0.3) is 0 Å². The lowest BCUT2D eigenvalue weighted by atomic mass is 9.84. The molecule has 2 aliphatic carbocycles. The van der Waals surface area contributed by atoms with Crippen molar-refractivity contribution in [3.8, 4) is 0 Å². The summed E-state index contributed by atoms with van der Waals surface area (Å²) in [6, 6.07) is 0.624. The summed E-state index contributed by atoms with van der Waals surface area (Å²) in [5.41, 5.74) is 5.40. The summed E-state index contributed by atoms with van der Waals surface area (Å²) in [6.07, 6.45) is 9.55. The lowest BCUT2D eigenvalue weighted by Gasteiger charge is -2.29. The molecule has 0 aromatic rings. The largest absolute Gasteiger partial charge is 0.369 e. The zero-order chi connectivity index (χ0) is 14.8. The van der Waals surface area contributed by atoms with E-state index in [9.17, 15) is 9.59 Å². The summed E-state index contributed by atoms with van der Waals surface area (Å²) in [6.45, 7) is 0. The zero-order valence-electron chi connectivity index (χ0n) is 12.6. The Bertz CT molecular complexity index is 398. The quantitative estimate of drug-likeness (QED) is 0.727. The van der Waals surface area contributed by atoms with Gasteiger partial charge in [0, 0.05) is 18.0 Å². The average molecular weight is 293 g/mol. The maximum absolute atomic E-state index is 12.4. The molecule has 5 atom stereocenters. The Balaban J connectivity index is 1.51. The van der Waals surface area contributed by atoms with Crippen LogP contribution in [0, 0.1) is 11.8 Å². The third-order valence-corrected chi connectivity index (χ3v) is 5.60. The number of carbonyl (C=O) groups is 2. The number of carbonyl (C=O) groups excluding carboxylic acids is 2. The molecule has 2 saturated carbocycles. The van der Waals surface area contributed by atoms with Crippen molar-refractivity contribution in [3.63, 3.8) is 0 Å². The second-order valence-electron chi connectivity index (χ2n) is 7.08. The molecule has 3 fully saturated rings. The second kappa shape index (κ2) is 6.34. The van der Waals surface area contributed by atoms with E-state index in [0.29, 0.717) is 18.4 Å². The zero-order valence-corrected chi connectivity index (χ0v) is 12.6. The number of hydrogen-bond donors (Lipinski definition) is 3. The fourth-order valence-electron chi connectivity index (χ4n) is 4.40. The number of hydrogen-bond acceptors (Lipinski definition) is 3. The highest BCUT2D eigenvalue weighted by molar-refractivity contribution is 5.82. The molecule has 21 heavy (non-hydrogen) atoms. The SMILES string of the molecule is NC(=O)C1CCCC(NC(=O)C2CC3CCCCC3N2)C1. The fraction of sp³-hybridized carbons (Fsp3) is 0.875. The van der Waals surface area contributed by atoms with Crippen molar-refractivity contribution < 1.29 is 9.59 Å². The average Bonchev–Trinajstić information content (AvgIpc) is 2.91. The van der Waals surface area contributed by atoms with Gasteiger partial charge in [0.2, 0.25) is 11.8 Å². The van der Waals surface area contributed by atoms with Crippen molar-refractivity contribution in [1.29, 1.82) is 0 Å². The van der Waals surface area contributed by atoms with Gasteiger partial charge < -0.3 is 16.4 Å². The third-order valence-electron chi connectivity index (χ3n) is 5.60. The van der Waals surface area contributed by atoms with Crippen molar-refractivity contribution in [3.05, 3.63) is 0 Å². The van der Waals surface area contributed by atoms with Gasteiger partial charge in [0.1, 0.15) is 0 Å². The van der Waals surface area contributed by atoms with E-state index in [-0.39, 0.29) is 29.8 Å². The molecule has 0 spiro atoms. The number of amides is 2. The topological polar surface area (TPSA) is 84.2 Å². The van der Waals surface area contributed by atoms with Crippen LogP contribution in [-0.2, 0) is 9.59 Å². The van der Waals surface area contributed by atoms with Gasteiger partial charge in [-0.1, -0.05) is 19.3 Å². The summed E-state index contributed by atoms with van der Waals surface area (Å²) in [4.78, 5) is 23.8. The molecular formula is C16H27N3O2. The normalized spacial score (nSPS) is 39.5. The molecule has 3 rings (SSSR count). The first-order valence-corrected chi connectivity index (χ1v) is 8.49. The Morgan fingerprint density at radius 3 is 2.57 bits per heavy atom. The smallest absolute Gasteiger partial charge is 0.237 e. The summed E-state index contributed by atoms with van der Waals surface area (Å²) >= 11 is 0. The molecule has 2 amide bonds. The van der Waals surface area contributed by atoms with E-state index >= 15 is 0 Å². The maximum Gasteiger partial charge on any atom is 0.237 e. The lowest BCUT2D eigenvalue weighted by molar-refractivity contribution is -0.126. The van der Waals surface area contributed by atoms with Gasteiger partial charge in [-0.05, 0) is 44.4 Å². The molecule has 5 unspecified atom stereocenters. The van der Waals surface area contributed by atoms with Gasteiger partial charge in [0.25, 0.3) is 0 Å². The highest BCUT2D eigenvalue weighted by atomic mass is 16.2. The Hall–Kier alpha value is -1.10. The van der Waals surface area contributed by atoms with E-state index in [1.165, 1.54) is 25.7 Å². The van der Waals surface area contributed by atoms with Gasteiger partial charge in [-0.3, -0.25) is 9.59 Å². The predicted octanol–water partition coefficient (Wildman–Crippen LogP) is 1.07. The van der Waals surface area contributed by atoms with Gasteiger partial charge in [0.15, 0.2) is 0 Å². The molecule has 0 aromatic heterocycles. The first-order valence-electron chi connectivity index (χ1n) is 8.49. The van der Waals surface area contributed by atoms with Gasteiger partial charge in [0.05, 0.1) is 6.04 Å². The highest BCUT2D eigenvalue weighted by Gasteiger charge is 2.39. The minimum absolute atomic E-state index is 0.0351. The minimum Gasteiger partial charge on any atom is -0.369 e. The number of nitrogens with two attached hydrogens (primary N) is 1. The van der Waals surface area contributed by atoms with Crippen LogP contribution in [0.15, 0.2) is 0 Å². The standard InChI is InChI=1S/C16H27N3O2/c17-15(20)11-5-3-6-12(8-11)18-16(21)14-9-10-4-1-2-7-13(10)19-14/h10-14,19H,1-9H2,(H2,17,20)(H,18,21). The molecule has 0 aromatic carbocycles. The van der Waals surface area contributed by atoms with Crippen LogP contribution in [0.4, 0.5) is 0 Å². The van der Waals surface area contributed by atoms with Crippen molar-refractivity contribution in [2.75, 3.05) is 0 Å². The van der Waals surface area contributed by atoms with Crippen LogP contribution in [-0.4, -0.2) is 29.9 Å². The number of primary amides is 1. The Kier molecular flexibility index (Phi) is 4.48. The second-order valence-corrected chi connectivity index (χ2v) is 7.08. The molecule has 118 valence electrons. The van der Waals surface area contributed by atoms with E-state index in [1.54, 1.807) is 0 Å². The Morgan fingerprint density at radius 2 is 1.81 bits per heavy atom. The molecule has 0 radical (unpaired) electrons. The summed E-state index contributed by atoms with van der Waals surface area (Å²) < 4.78 is 0. The van der Waals surface area contributed by atoms with Gasteiger partial charge >= 0.3 is 0 Å². The number of rotatable bonds is 3. The van der Waals surface area contributed by atoms with Crippen molar-refractivity contribution >= 4 is 11.8 Å². The van der Waals surface area contributed by atoms with E-state index in [2.05, 4.69) is 10.6 Å². The lowest BCUT2D eigenvalue weighted by Crippen LogP contribution is -2.48. The van der Waals surface area contributed by atoms with Gasteiger partial charge in [-0.2, -0.15) is 0 Å². The molecule has 1 saturated heterocycles. The van der Waals surface area contributed by atoms with Crippen LogP contribution >= 0.6 is 0 Å². The van der Waals surface area contributed by atoms with E-state index in [1.807, 2.05) is 0 Å². The monoisotopic (exact) mass is 293 g/mol. The molecule has 5 heteroatoms. The summed E-state index contributed by atoms with van der Waals surface area (Å²) in [7, 11) is 0. The molecule has 4 N–H and O–H groups in total. The van der Waals surface area contributed by atoms with Crippen molar-refractivity contribution in [2.24, 2.45) is 17.6 Å². The Labute approximate surface area is 126 Å². The third kappa shape index (κ3) is 3.39. The van der Waals surface area contributed by atoms with Crippen LogP contribution in [0.3, 0.4) is 0 Å². The molecule has 5 nitrogen and oxygen atoms in total. The molecule has 0 bridgehead atoms. The summed E-state index contributed by atoms with van der Waals surface area (Å²) in [5.74, 6) is 0.515. The first kappa shape index (κ1) is 14.8. The Morgan fingerprint density at radius 1 is 1.00 bits per heavy atom. The van der Waals surface area contributed by atoms with Crippen molar-refractivity contribution in [2.45, 2.75) is 75.9 Å². The van der Waals surface area contributed by atoms with Gasteiger partial charge in [-0.15, -0.1) is 0 Å².